The first-order chi connectivity index (χ1) is 13.5. The lowest BCUT2D eigenvalue weighted by molar-refractivity contribution is -0.264. The van der Waals surface area contributed by atoms with Gasteiger partial charge >= 0.3 is 6.18 Å². The van der Waals surface area contributed by atoms with Gasteiger partial charge in [0.15, 0.2) is 11.4 Å². The molecule has 0 bridgehead atoms. The Morgan fingerprint density at radius 3 is 2.38 bits per heavy atom. The Hall–Kier alpha value is -2.09. The summed E-state index contributed by atoms with van der Waals surface area (Å²) in [5, 5.41) is 14.3. The Bertz CT molecular complexity index is 971. The molecule has 9 heteroatoms. The van der Waals surface area contributed by atoms with Crippen LogP contribution in [0.1, 0.15) is 39.9 Å². The van der Waals surface area contributed by atoms with Crippen LogP contribution in [0, 0.1) is 0 Å². The van der Waals surface area contributed by atoms with E-state index in [1.165, 1.54) is 25.3 Å². The summed E-state index contributed by atoms with van der Waals surface area (Å²) in [5.74, 6) is -0.860. The van der Waals surface area contributed by atoms with Gasteiger partial charge in [-0.05, 0) is 48.2 Å². The van der Waals surface area contributed by atoms with Crippen LogP contribution in [0.25, 0.3) is 0 Å². The summed E-state index contributed by atoms with van der Waals surface area (Å²) in [4.78, 5) is 17.4. The average Bonchev–Trinajstić information content (AvgIpc) is 3.02. The minimum absolute atomic E-state index is 0.0678. The third-order valence-electron chi connectivity index (χ3n) is 4.80. The maximum absolute atomic E-state index is 13.8. The topological polar surface area (TPSA) is 58.9 Å². The molecule has 0 radical (unpaired) electrons. The molecular weight excluding hydrogens is 430 g/mol. The van der Waals surface area contributed by atoms with Gasteiger partial charge in [-0.15, -0.1) is 0 Å². The standard InChI is InChI=1S/C20H16Cl2F3NO3/c1-29-26-17-5-3-11-6-12(2-4-16(11)17)18(27)10-19(28,20(23,24)25)13-7-14(21)9-15(22)8-13/h2,4,6-9,28H,3,5,10H2,1H3/b26-17-/t19-/m1/s1. The van der Waals surface area contributed by atoms with Crippen LogP contribution in [0.15, 0.2) is 41.6 Å². The van der Waals surface area contributed by atoms with Crippen molar-refractivity contribution in [3.63, 3.8) is 0 Å². The number of alkyl halides is 3. The number of Topliss-reactive ketones (excluding diaryl/α,β-unsaturated/α-hetero) is 1. The zero-order chi connectivity index (χ0) is 21.4. The molecular formula is C20H16Cl2F3NO3. The number of benzene rings is 2. The van der Waals surface area contributed by atoms with Crippen molar-refractivity contribution in [2.24, 2.45) is 5.16 Å². The summed E-state index contributed by atoms with van der Waals surface area (Å²) in [6.07, 6.45) is -5.13. The molecule has 2 aromatic rings. The Kier molecular flexibility index (Phi) is 5.94. The first-order valence-electron chi connectivity index (χ1n) is 8.57. The predicted molar refractivity (Wildman–Crippen MR) is 104 cm³/mol. The van der Waals surface area contributed by atoms with Crippen LogP contribution in [0.5, 0.6) is 0 Å². The van der Waals surface area contributed by atoms with Crippen molar-refractivity contribution >= 4 is 34.7 Å². The van der Waals surface area contributed by atoms with Crippen molar-refractivity contribution in [2.45, 2.75) is 31.0 Å². The monoisotopic (exact) mass is 445 g/mol. The van der Waals surface area contributed by atoms with Gasteiger partial charge in [0, 0.05) is 21.2 Å². The molecule has 3 rings (SSSR count). The maximum Gasteiger partial charge on any atom is 0.421 e. The van der Waals surface area contributed by atoms with E-state index in [4.69, 9.17) is 28.0 Å². The fraction of sp³-hybridized carbons (Fsp3) is 0.300. The van der Waals surface area contributed by atoms with Crippen LogP contribution >= 0.6 is 23.2 Å². The van der Waals surface area contributed by atoms with E-state index >= 15 is 0 Å². The molecule has 4 nitrogen and oxygen atoms in total. The minimum Gasteiger partial charge on any atom is -0.399 e. The number of nitrogens with zero attached hydrogens (tertiary/aromatic N) is 1. The molecule has 154 valence electrons. The highest BCUT2D eigenvalue weighted by Gasteiger charge is 2.56. The fourth-order valence-corrected chi connectivity index (χ4v) is 3.87. The molecule has 0 aromatic heterocycles. The van der Waals surface area contributed by atoms with Gasteiger partial charge < -0.3 is 9.94 Å². The molecule has 0 spiro atoms. The van der Waals surface area contributed by atoms with Gasteiger partial charge in [-0.3, -0.25) is 4.79 Å². The Morgan fingerprint density at radius 1 is 1.14 bits per heavy atom. The molecule has 0 saturated heterocycles. The van der Waals surface area contributed by atoms with E-state index in [1.807, 2.05) is 0 Å². The molecule has 1 N–H and O–H groups in total. The van der Waals surface area contributed by atoms with Crippen molar-refractivity contribution in [2.75, 3.05) is 7.11 Å². The van der Waals surface area contributed by atoms with Gasteiger partial charge in [-0.2, -0.15) is 13.2 Å². The van der Waals surface area contributed by atoms with E-state index in [9.17, 15) is 23.1 Å². The molecule has 0 aliphatic heterocycles. The Balaban J connectivity index is 1.95. The number of fused-ring (bicyclic) bond motifs is 1. The number of aliphatic hydroxyl groups is 1. The van der Waals surface area contributed by atoms with Crippen LogP contribution in [0.2, 0.25) is 10.0 Å². The fourth-order valence-electron chi connectivity index (χ4n) is 3.34. The van der Waals surface area contributed by atoms with Crippen molar-refractivity contribution in [1.82, 2.24) is 0 Å². The summed E-state index contributed by atoms with van der Waals surface area (Å²) < 4.78 is 41.3. The minimum atomic E-state index is -5.12. The van der Waals surface area contributed by atoms with E-state index in [0.29, 0.717) is 18.6 Å². The summed E-state index contributed by atoms with van der Waals surface area (Å²) in [7, 11) is 1.42. The smallest absolute Gasteiger partial charge is 0.399 e. The van der Waals surface area contributed by atoms with E-state index < -0.39 is 29.5 Å². The van der Waals surface area contributed by atoms with Gasteiger partial charge in [-0.1, -0.05) is 40.5 Å². The number of oxime groups is 1. The highest BCUT2D eigenvalue weighted by atomic mass is 35.5. The maximum atomic E-state index is 13.8. The number of halogens is 5. The number of ketones is 1. The zero-order valence-corrected chi connectivity index (χ0v) is 16.7. The quantitative estimate of drug-likeness (QED) is 0.500. The van der Waals surface area contributed by atoms with E-state index in [1.54, 1.807) is 6.07 Å². The lowest BCUT2D eigenvalue weighted by atomic mass is 9.86. The highest BCUT2D eigenvalue weighted by Crippen LogP contribution is 2.44. The lowest BCUT2D eigenvalue weighted by Gasteiger charge is -2.30. The molecule has 0 fully saturated rings. The van der Waals surface area contributed by atoms with E-state index in [2.05, 4.69) is 5.16 Å². The second kappa shape index (κ2) is 7.97. The van der Waals surface area contributed by atoms with Gasteiger partial charge in [0.2, 0.25) is 0 Å². The van der Waals surface area contributed by atoms with Crippen LogP contribution in [0.4, 0.5) is 13.2 Å². The van der Waals surface area contributed by atoms with Crippen molar-refractivity contribution in [1.29, 1.82) is 0 Å². The molecule has 0 amide bonds. The molecule has 0 unspecified atom stereocenters. The summed E-state index contributed by atoms with van der Waals surface area (Å²) in [5.41, 5.74) is -1.67. The zero-order valence-electron chi connectivity index (χ0n) is 15.2. The van der Waals surface area contributed by atoms with Gasteiger partial charge in [-0.25, -0.2) is 0 Å². The first kappa shape index (κ1) is 21.6. The summed E-state index contributed by atoms with van der Waals surface area (Å²) in [6, 6.07) is 7.70. The number of hydrogen-bond acceptors (Lipinski definition) is 4. The van der Waals surface area contributed by atoms with Crippen LogP contribution in [-0.2, 0) is 16.9 Å². The number of hydrogen-bond donors (Lipinski definition) is 1. The van der Waals surface area contributed by atoms with Crippen LogP contribution < -0.4 is 0 Å². The first-order valence-corrected chi connectivity index (χ1v) is 9.33. The molecule has 1 aliphatic carbocycles. The molecule has 29 heavy (non-hydrogen) atoms. The average molecular weight is 446 g/mol. The van der Waals surface area contributed by atoms with Gasteiger partial charge in [0.25, 0.3) is 0 Å². The van der Waals surface area contributed by atoms with Gasteiger partial charge in [0.05, 0.1) is 12.1 Å². The summed E-state index contributed by atoms with van der Waals surface area (Å²) in [6.45, 7) is 0. The Labute approximate surface area is 174 Å². The molecule has 0 saturated carbocycles. The number of carbonyl (C=O) groups excluding carboxylic acids is 1. The molecule has 1 aliphatic rings. The lowest BCUT2D eigenvalue weighted by Crippen LogP contribution is -2.44. The van der Waals surface area contributed by atoms with E-state index in [0.717, 1.165) is 23.3 Å². The van der Waals surface area contributed by atoms with Gasteiger partial charge in [0.1, 0.15) is 7.11 Å². The predicted octanol–water partition coefficient (Wildman–Crippen LogP) is 5.31. The van der Waals surface area contributed by atoms with Crippen molar-refractivity contribution in [3.8, 4) is 0 Å². The van der Waals surface area contributed by atoms with E-state index in [-0.39, 0.29) is 15.6 Å². The van der Waals surface area contributed by atoms with Crippen molar-refractivity contribution in [3.05, 3.63) is 68.7 Å². The second-order valence-electron chi connectivity index (χ2n) is 6.71. The molecule has 1 atom stereocenters. The van der Waals surface area contributed by atoms with Crippen molar-refractivity contribution < 1.29 is 27.9 Å². The SMILES string of the molecule is CO/N=C1/CCc2cc(C(=O)C[C@@](O)(c3cc(Cl)cc(Cl)c3)C(F)(F)F)ccc21. The number of aryl methyl sites for hydroxylation is 1. The summed E-state index contributed by atoms with van der Waals surface area (Å²) >= 11 is 11.6. The van der Waals surface area contributed by atoms with Crippen LogP contribution in [0.3, 0.4) is 0 Å². The molecule has 2 aromatic carbocycles. The van der Waals surface area contributed by atoms with Crippen LogP contribution in [-0.4, -0.2) is 29.9 Å². The third kappa shape index (κ3) is 4.27. The normalized spacial score (nSPS) is 17.1. The second-order valence-corrected chi connectivity index (χ2v) is 7.58. The highest BCUT2D eigenvalue weighted by molar-refractivity contribution is 6.34. The Morgan fingerprint density at radius 2 is 1.79 bits per heavy atom. The molecule has 0 heterocycles. The third-order valence-corrected chi connectivity index (χ3v) is 5.23. The number of rotatable bonds is 5. The largest absolute Gasteiger partial charge is 0.421 e. The number of carbonyl (C=O) groups is 1.